The van der Waals surface area contributed by atoms with Gasteiger partial charge in [0.1, 0.15) is 5.82 Å². The molecule has 0 saturated carbocycles. The molecule has 0 radical (unpaired) electrons. The van der Waals surface area contributed by atoms with Crippen LogP contribution in [0.1, 0.15) is 25.6 Å². The molecule has 1 aliphatic rings. The zero-order valence-electron chi connectivity index (χ0n) is 11.8. The van der Waals surface area contributed by atoms with Crippen LogP contribution in [0.2, 0.25) is 0 Å². The van der Waals surface area contributed by atoms with Crippen LogP contribution in [0.15, 0.2) is 12.4 Å². The Morgan fingerprint density at radius 3 is 3.05 bits per heavy atom. The van der Waals surface area contributed by atoms with Crippen molar-refractivity contribution in [1.29, 1.82) is 0 Å². The van der Waals surface area contributed by atoms with Crippen molar-refractivity contribution in [2.75, 3.05) is 26.2 Å². The fourth-order valence-electron chi connectivity index (χ4n) is 2.60. The Balaban J connectivity index is 1.81. The fourth-order valence-corrected chi connectivity index (χ4v) is 2.60. The summed E-state index contributed by atoms with van der Waals surface area (Å²) in [6.07, 6.45) is 5.86. The lowest BCUT2D eigenvalue weighted by atomic mass is 9.98. The molecule has 0 aromatic carbocycles. The monoisotopic (exact) mass is 265 g/mol. The fraction of sp³-hybridized carbons (Fsp3) is 0.714. The van der Waals surface area contributed by atoms with Crippen LogP contribution in [-0.4, -0.2) is 46.7 Å². The van der Waals surface area contributed by atoms with Crippen molar-refractivity contribution in [1.82, 2.24) is 14.5 Å². The predicted molar refractivity (Wildman–Crippen MR) is 72.8 cm³/mol. The summed E-state index contributed by atoms with van der Waals surface area (Å²) in [6.45, 7) is 8.15. The molecule has 1 fully saturated rings. The number of imidazole rings is 1. The molecule has 5 heteroatoms. The van der Waals surface area contributed by atoms with E-state index in [0.717, 1.165) is 44.8 Å². The summed E-state index contributed by atoms with van der Waals surface area (Å²) in [5, 5.41) is 0. The summed E-state index contributed by atoms with van der Waals surface area (Å²) in [5.41, 5.74) is 0. The number of rotatable bonds is 5. The van der Waals surface area contributed by atoms with Crippen molar-refractivity contribution in [3.05, 3.63) is 18.2 Å². The molecule has 0 spiro atoms. The van der Waals surface area contributed by atoms with Gasteiger partial charge in [0.15, 0.2) is 0 Å². The van der Waals surface area contributed by atoms with E-state index in [4.69, 9.17) is 4.74 Å². The van der Waals surface area contributed by atoms with Crippen LogP contribution in [0, 0.1) is 12.8 Å². The topological polar surface area (TPSA) is 47.4 Å². The molecule has 1 atom stereocenters. The average molecular weight is 265 g/mol. The molecule has 19 heavy (non-hydrogen) atoms. The first-order valence-corrected chi connectivity index (χ1v) is 7.07. The summed E-state index contributed by atoms with van der Waals surface area (Å²) in [6, 6.07) is 0. The summed E-state index contributed by atoms with van der Waals surface area (Å²) < 4.78 is 7.27. The summed E-state index contributed by atoms with van der Waals surface area (Å²) in [7, 11) is 0. The highest BCUT2D eigenvalue weighted by Gasteiger charge is 2.26. The lowest BCUT2D eigenvalue weighted by Gasteiger charge is -2.31. The van der Waals surface area contributed by atoms with Gasteiger partial charge in [-0.2, -0.15) is 0 Å². The van der Waals surface area contributed by atoms with Gasteiger partial charge in [0.25, 0.3) is 0 Å². The number of carbonyl (C=O) groups excluding carboxylic acids is 1. The van der Waals surface area contributed by atoms with Crippen molar-refractivity contribution in [2.45, 2.75) is 33.2 Å². The number of aryl methyl sites for hydroxylation is 1. The molecule has 1 aromatic heterocycles. The number of nitrogens with zero attached hydrogens (tertiary/aromatic N) is 3. The van der Waals surface area contributed by atoms with Crippen molar-refractivity contribution < 1.29 is 9.53 Å². The Hall–Kier alpha value is -1.36. The van der Waals surface area contributed by atoms with Gasteiger partial charge >= 0.3 is 5.97 Å². The number of likely N-dealkylation sites (tertiary alicyclic amines) is 1. The third-order valence-electron chi connectivity index (χ3n) is 3.71. The van der Waals surface area contributed by atoms with Gasteiger partial charge in [-0.3, -0.25) is 4.79 Å². The number of hydrogen-bond donors (Lipinski definition) is 0. The van der Waals surface area contributed by atoms with Gasteiger partial charge < -0.3 is 14.2 Å². The van der Waals surface area contributed by atoms with Crippen LogP contribution >= 0.6 is 0 Å². The minimum atomic E-state index is -0.0361. The highest BCUT2D eigenvalue weighted by molar-refractivity contribution is 5.72. The van der Waals surface area contributed by atoms with E-state index < -0.39 is 0 Å². The van der Waals surface area contributed by atoms with E-state index in [2.05, 4.69) is 14.5 Å². The first kappa shape index (κ1) is 14.1. The summed E-state index contributed by atoms with van der Waals surface area (Å²) in [4.78, 5) is 18.3. The lowest BCUT2D eigenvalue weighted by molar-refractivity contribution is -0.149. The van der Waals surface area contributed by atoms with Crippen molar-refractivity contribution >= 4 is 5.97 Å². The van der Waals surface area contributed by atoms with Crippen LogP contribution in [0.5, 0.6) is 0 Å². The molecule has 1 aliphatic heterocycles. The Morgan fingerprint density at radius 1 is 1.53 bits per heavy atom. The Labute approximate surface area is 114 Å². The van der Waals surface area contributed by atoms with Gasteiger partial charge in [0, 0.05) is 32.0 Å². The largest absolute Gasteiger partial charge is 0.466 e. The van der Waals surface area contributed by atoms with Crippen LogP contribution in [-0.2, 0) is 16.1 Å². The first-order chi connectivity index (χ1) is 9.20. The van der Waals surface area contributed by atoms with Crippen LogP contribution < -0.4 is 0 Å². The third-order valence-corrected chi connectivity index (χ3v) is 3.71. The first-order valence-electron chi connectivity index (χ1n) is 7.07. The lowest BCUT2D eigenvalue weighted by Crippen LogP contribution is -2.40. The third kappa shape index (κ3) is 3.80. The Kier molecular flexibility index (Phi) is 4.96. The van der Waals surface area contributed by atoms with E-state index in [-0.39, 0.29) is 11.9 Å². The zero-order chi connectivity index (χ0) is 13.7. The number of esters is 1. The maximum Gasteiger partial charge on any atom is 0.310 e. The molecule has 0 aliphatic carbocycles. The smallest absolute Gasteiger partial charge is 0.310 e. The second-order valence-corrected chi connectivity index (χ2v) is 5.06. The second kappa shape index (κ2) is 6.70. The normalized spacial score (nSPS) is 20.4. The molecule has 0 amide bonds. The van der Waals surface area contributed by atoms with Crippen LogP contribution in [0.3, 0.4) is 0 Å². The summed E-state index contributed by atoms with van der Waals surface area (Å²) in [5.74, 6) is 1.06. The minimum Gasteiger partial charge on any atom is -0.466 e. The van der Waals surface area contributed by atoms with Crippen molar-refractivity contribution in [2.24, 2.45) is 5.92 Å². The number of aromatic nitrogens is 2. The van der Waals surface area contributed by atoms with Gasteiger partial charge in [-0.25, -0.2) is 4.98 Å². The van der Waals surface area contributed by atoms with Gasteiger partial charge in [0.05, 0.1) is 12.5 Å². The standard InChI is InChI=1S/C14H23N3O2/c1-3-19-14(18)13-5-4-7-16(11-13)9-10-17-8-6-15-12(17)2/h6,8,13H,3-5,7,9-11H2,1-2H3/t13-/m0/s1. The van der Waals surface area contributed by atoms with Crippen molar-refractivity contribution in [3.8, 4) is 0 Å². The minimum absolute atomic E-state index is 0.0361. The molecule has 106 valence electrons. The van der Waals surface area contributed by atoms with Gasteiger partial charge in [0.2, 0.25) is 0 Å². The van der Waals surface area contributed by atoms with E-state index in [0.29, 0.717) is 6.61 Å². The molecule has 0 bridgehead atoms. The van der Waals surface area contributed by atoms with Crippen molar-refractivity contribution in [3.63, 3.8) is 0 Å². The predicted octanol–water partition coefficient (Wildman–Crippen LogP) is 1.47. The van der Waals surface area contributed by atoms with E-state index in [1.54, 1.807) is 0 Å². The molecular formula is C14H23N3O2. The van der Waals surface area contributed by atoms with E-state index in [1.807, 2.05) is 26.2 Å². The molecule has 0 unspecified atom stereocenters. The van der Waals surface area contributed by atoms with E-state index in [9.17, 15) is 4.79 Å². The van der Waals surface area contributed by atoms with Gasteiger partial charge in [-0.15, -0.1) is 0 Å². The number of hydrogen-bond acceptors (Lipinski definition) is 4. The number of piperidine rings is 1. The Morgan fingerprint density at radius 2 is 2.37 bits per heavy atom. The van der Waals surface area contributed by atoms with E-state index >= 15 is 0 Å². The molecular weight excluding hydrogens is 242 g/mol. The molecule has 2 heterocycles. The average Bonchev–Trinajstić information content (AvgIpc) is 2.82. The molecule has 5 nitrogen and oxygen atoms in total. The van der Waals surface area contributed by atoms with Crippen LogP contribution in [0.4, 0.5) is 0 Å². The molecule has 1 saturated heterocycles. The van der Waals surface area contributed by atoms with Gasteiger partial charge in [-0.1, -0.05) is 0 Å². The SMILES string of the molecule is CCOC(=O)[C@H]1CCCN(CCn2ccnc2C)C1. The maximum atomic E-state index is 11.8. The number of carbonyl (C=O) groups is 1. The van der Waals surface area contributed by atoms with Gasteiger partial charge in [-0.05, 0) is 33.2 Å². The molecule has 0 N–H and O–H groups in total. The maximum absolute atomic E-state index is 11.8. The second-order valence-electron chi connectivity index (χ2n) is 5.06. The van der Waals surface area contributed by atoms with E-state index in [1.165, 1.54) is 0 Å². The Bertz CT molecular complexity index is 417. The molecule has 1 aromatic rings. The molecule has 2 rings (SSSR count). The quantitative estimate of drug-likeness (QED) is 0.756. The highest BCUT2D eigenvalue weighted by atomic mass is 16.5. The highest BCUT2D eigenvalue weighted by Crippen LogP contribution is 2.17. The summed E-state index contributed by atoms with van der Waals surface area (Å²) >= 11 is 0. The van der Waals surface area contributed by atoms with Crippen LogP contribution in [0.25, 0.3) is 0 Å². The number of ether oxygens (including phenoxy) is 1. The zero-order valence-corrected chi connectivity index (χ0v) is 11.8.